The van der Waals surface area contributed by atoms with Gasteiger partial charge in [0.15, 0.2) is 0 Å². The number of nitrogens with zero attached hydrogens (tertiary/aromatic N) is 1. The van der Waals surface area contributed by atoms with Gasteiger partial charge in [0.25, 0.3) is 11.5 Å². The maximum atomic E-state index is 12.2. The van der Waals surface area contributed by atoms with E-state index in [9.17, 15) is 9.59 Å². The first-order valence-electron chi connectivity index (χ1n) is 6.47. The maximum Gasteiger partial charge on any atom is 0.262 e. The molecule has 7 nitrogen and oxygen atoms in total. The van der Waals surface area contributed by atoms with Gasteiger partial charge in [0.2, 0.25) is 5.71 Å². The van der Waals surface area contributed by atoms with Crippen molar-refractivity contribution in [2.45, 2.75) is 13.8 Å². The molecule has 1 amide bonds. The molecule has 0 aliphatic rings. The zero-order valence-electron chi connectivity index (χ0n) is 12.0. The minimum atomic E-state index is -0.402. The van der Waals surface area contributed by atoms with Crippen molar-refractivity contribution < 1.29 is 13.9 Å². The summed E-state index contributed by atoms with van der Waals surface area (Å²) in [5.41, 5.74) is 0.871. The summed E-state index contributed by atoms with van der Waals surface area (Å²) >= 11 is 0. The van der Waals surface area contributed by atoms with Gasteiger partial charge in [0.1, 0.15) is 11.1 Å². The van der Waals surface area contributed by atoms with E-state index in [0.717, 1.165) is 5.57 Å². The standard InChI is InChI=1S/C14H17N3O4/c1-8(2)6-20-5-4-15-12(18)10-9(3)21-14-11(10)13(19)16-7-17-14/h7H,1,4-6H2,2-3H3,(H,15,18)(H,16,17,19). The average molecular weight is 291 g/mol. The second-order valence-corrected chi connectivity index (χ2v) is 4.71. The Bertz CT molecular complexity index is 729. The van der Waals surface area contributed by atoms with Crippen molar-refractivity contribution in [2.75, 3.05) is 19.8 Å². The van der Waals surface area contributed by atoms with Gasteiger partial charge in [0, 0.05) is 6.54 Å². The molecule has 0 unspecified atom stereocenters. The molecule has 0 saturated heterocycles. The molecule has 0 fully saturated rings. The van der Waals surface area contributed by atoms with Crippen molar-refractivity contribution in [3.63, 3.8) is 0 Å². The van der Waals surface area contributed by atoms with Gasteiger partial charge < -0.3 is 19.5 Å². The topological polar surface area (TPSA) is 97.2 Å². The molecule has 21 heavy (non-hydrogen) atoms. The number of rotatable bonds is 6. The fourth-order valence-corrected chi connectivity index (χ4v) is 1.90. The van der Waals surface area contributed by atoms with Crippen LogP contribution in [0.1, 0.15) is 23.0 Å². The molecule has 2 aromatic heterocycles. The van der Waals surface area contributed by atoms with Gasteiger partial charge >= 0.3 is 0 Å². The van der Waals surface area contributed by atoms with Crippen LogP contribution in [-0.4, -0.2) is 35.6 Å². The Hall–Kier alpha value is -2.41. The van der Waals surface area contributed by atoms with Gasteiger partial charge in [-0.2, -0.15) is 0 Å². The molecule has 2 heterocycles. The molecular weight excluding hydrogens is 274 g/mol. The number of carbonyl (C=O) groups excluding carboxylic acids is 1. The third kappa shape index (κ3) is 3.38. The van der Waals surface area contributed by atoms with E-state index >= 15 is 0 Å². The third-order valence-corrected chi connectivity index (χ3v) is 2.78. The molecular formula is C14H17N3O4. The van der Waals surface area contributed by atoms with Crippen molar-refractivity contribution in [1.82, 2.24) is 15.3 Å². The highest BCUT2D eigenvalue weighted by Gasteiger charge is 2.21. The van der Waals surface area contributed by atoms with Crippen molar-refractivity contribution in [3.05, 3.63) is 40.2 Å². The summed E-state index contributed by atoms with van der Waals surface area (Å²) in [6, 6.07) is 0. The van der Waals surface area contributed by atoms with E-state index in [2.05, 4.69) is 21.9 Å². The molecule has 0 atom stereocenters. The summed E-state index contributed by atoms with van der Waals surface area (Å²) in [7, 11) is 0. The first-order valence-corrected chi connectivity index (χ1v) is 6.47. The highest BCUT2D eigenvalue weighted by Crippen LogP contribution is 2.19. The number of nitrogens with one attached hydrogen (secondary N) is 2. The monoisotopic (exact) mass is 291 g/mol. The number of furan rings is 1. The number of fused-ring (bicyclic) bond motifs is 1. The first kappa shape index (κ1) is 15.0. The lowest BCUT2D eigenvalue weighted by Gasteiger charge is -2.05. The van der Waals surface area contributed by atoms with E-state index in [0.29, 0.717) is 25.5 Å². The summed E-state index contributed by atoms with van der Waals surface area (Å²) in [6.07, 6.45) is 1.24. The van der Waals surface area contributed by atoms with Crippen molar-refractivity contribution in [1.29, 1.82) is 0 Å². The van der Waals surface area contributed by atoms with Crippen LogP contribution in [-0.2, 0) is 4.74 Å². The van der Waals surface area contributed by atoms with Crippen LogP contribution in [0.15, 0.2) is 27.7 Å². The van der Waals surface area contributed by atoms with E-state index in [1.165, 1.54) is 6.33 Å². The smallest absolute Gasteiger partial charge is 0.262 e. The third-order valence-electron chi connectivity index (χ3n) is 2.78. The molecule has 7 heteroatoms. The second-order valence-electron chi connectivity index (χ2n) is 4.71. The molecule has 0 radical (unpaired) electrons. The van der Waals surface area contributed by atoms with Crippen LogP contribution < -0.4 is 10.9 Å². The fourth-order valence-electron chi connectivity index (χ4n) is 1.90. The Kier molecular flexibility index (Phi) is 4.54. The molecule has 0 bridgehead atoms. The lowest BCUT2D eigenvalue weighted by molar-refractivity contribution is 0.0926. The van der Waals surface area contributed by atoms with Crippen molar-refractivity contribution in [2.24, 2.45) is 0 Å². The minimum absolute atomic E-state index is 0.153. The molecule has 0 aromatic carbocycles. The minimum Gasteiger partial charge on any atom is -0.442 e. The second kappa shape index (κ2) is 6.36. The van der Waals surface area contributed by atoms with Crippen LogP contribution in [0.25, 0.3) is 11.1 Å². The molecule has 112 valence electrons. The SMILES string of the molecule is C=C(C)COCCNC(=O)c1c(C)oc2nc[nH]c(=O)c12. The van der Waals surface area contributed by atoms with Crippen LogP contribution in [0.3, 0.4) is 0 Å². The fraction of sp³-hybridized carbons (Fsp3) is 0.357. The normalized spacial score (nSPS) is 10.8. The van der Waals surface area contributed by atoms with E-state index in [1.54, 1.807) is 6.92 Å². The lowest BCUT2D eigenvalue weighted by atomic mass is 10.2. The first-order chi connectivity index (χ1) is 10.0. The zero-order chi connectivity index (χ0) is 15.4. The molecule has 0 saturated carbocycles. The van der Waals surface area contributed by atoms with Gasteiger partial charge in [0.05, 0.1) is 25.1 Å². The summed E-state index contributed by atoms with van der Waals surface area (Å²) in [6.45, 7) is 8.34. The van der Waals surface area contributed by atoms with E-state index < -0.39 is 5.56 Å². The van der Waals surface area contributed by atoms with Crippen LogP contribution in [0.4, 0.5) is 0 Å². The van der Waals surface area contributed by atoms with Gasteiger partial charge in [-0.15, -0.1) is 0 Å². The Morgan fingerprint density at radius 3 is 3.05 bits per heavy atom. The van der Waals surface area contributed by atoms with E-state index in [1.807, 2.05) is 6.92 Å². The molecule has 0 spiro atoms. The summed E-state index contributed by atoms with van der Waals surface area (Å²) in [5.74, 6) is -0.0294. The van der Waals surface area contributed by atoms with E-state index in [4.69, 9.17) is 9.15 Å². The van der Waals surface area contributed by atoms with Gasteiger partial charge in [-0.3, -0.25) is 9.59 Å². The predicted octanol–water partition coefficient (Wildman–Crippen LogP) is 1.15. The number of carbonyl (C=O) groups is 1. The number of ether oxygens (including phenoxy) is 1. The highest BCUT2D eigenvalue weighted by atomic mass is 16.5. The average Bonchev–Trinajstić information content (AvgIpc) is 2.75. The summed E-state index contributed by atoms with van der Waals surface area (Å²) < 4.78 is 10.6. The molecule has 2 rings (SSSR count). The molecule has 0 aliphatic heterocycles. The van der Waals surface area contributed by atoms with Crippen molar-refractivity contribution >= 4 is 17.0 Å². The predicted molar refractivity (Wildman–Crippen MR) is 77.3 cm³/mol. The van der Waals surface area contributed by atoms with Crippen LogP contribution in [0, 0.1) is 6.92 Å². The molecule has 2 aromatic rings. The molecule has 0 aliphatic carbocycles. The Balaban J connectivity index is 2.08. The van der Waals surface area contributed by atoms with Crippen LogP contribution in [0.2, 0.25) is 0 Å². The van der Waals surface area contributed by atoms with Crippen molar-refractivity contribution in [3.8, 4) is 0 Å². The summed E-state index contributed by atoms with van der Waals surface area (Å²) in [4.78, 5) is 30.3. The van der Waals surface area contributed by atoms with Gasteiger partial charge in [-0.25, -0.2) is 4.98 Å². The van der Waals surface area contributed by atoms with Crippen LogP contribution in [0.5, 0.6) is 0 Å². The number of hydrogen-bond donors (Lipinski definition) is 2. The number of aromatic amines is 1. The number of H-pyrrole nitrogens is 1. The summed E-state index contributed by atoms with van der Waals surface area (Å²) in [5, 5.41) is 2.85. The zero-order valence-corrected chi connectivity index (χ0v) is 12.0. The highest BCUT2D eigenvalue weighted by molar-refractivity contribution is 6.06. The molecule has 2 N–H and O–H groups in total. The Labute approximate surface area is 121 Å². The van der Waals surface area contributed by atoms with Gasteiger partial charge in [-0.05, 0) is 13.8 Å². The quantitative estimate of drug-likeness (QED) is 0.614. The number of amides is 1. The lowest BCUT2D eigenvalue weighted by Crippen LogP contribution is -2.28. The van der Waals surface area contributed by atoms with Gasteiger partial charge in [-0.1, -0.05) is 12.2 Å². The Morgan fingerprint density at radius 1 is 1.57 bits per heavy atom. The Morgan fingerprint density at radius 2 is 2.33 bits per heavy atom. The van der Waals surface area contributed by atoms with E-state index in [-0.39, 0.29) is 22.6 Å². The number of hydrogen-bond acceptors (Lipinski definition) is 5. The number of aryl methyl sites for hydroxylation is 1. The number of aromatic nitrogens is 2. The maximum absolute atomic E-state index is 12.2. The largest absolute Gasteiger partial charge is 0.442 e. The van der Waals surface area contributed by atoms with Crippen LogP contribution >= 0.6 is 0 Å².